The van der Waals surface area contributed by atoms with E-state index in [4.69, 9.17) is 0 Å². The van der Waals surface area contributed by atoms with E-state index in [1.54, 1.807) is 35.2 Å². The number of aromatic nitrogens is 2. The molecule has 0 N–H and O–H groups in total. The Morgan fingerprint density at radius 1 is 1.03 bits per heavy atom. The Morgan fingerprint density at radius 3 is 2.47 bits per heavy atom. The van der Waals surface area contributed by atoms with Gasteiger partial charge in [-0.05, 0) is 48.0 Å². The lowest BCUT2D eigenvalue weighted by atomic mass is 10.1. The summed E-state index contributed by atoms with van der Waals surface area (Å²) in [6, 6.07) is 17.4. The van der Waals surface area contributed by atoms with Gasteiger partial charge in [-0.2, -0.15) is 5.10 Å². The molecule has 2 heterocycles. The van der Waals surface area contributed by atoms with Crippen molar-refractivity contribution in [1.82, 2.24) is 14.7 Å². The number of non-ortho nitro benzene ring substituents is 1. The van der Waals surface area contributed by atoms with Gasteiger partial charge in [-0.1, -0.05) is 30.3 Å². The first kappa shape index (κ1) is 19.6. The molecule has 0 aliphatic carbocycles. The van der Waals surface area contributed by atoms with Gasteiger partial charge in [0.1, 0.15) is 0 Å². The normalized spacial score (nSPS) is 15.2. The second kappa shape index (κ2) is 8.34. The third-order valence-corrected chi connectivity index (χ3v) is 5.46. The molecule has 0 spiro atoms. The SMILES string of the molecule is O=C1S/C(=C\c2ccn(-c3ccc([N+](=O)[O-])cc3)n2)C(=O)N1CCc1ccccc1. The number of thioether (sulfide) groups is 1. The van der Waals surface area contributed by atoms with Crippen LogP contribution in [0, 0.1) is 10.1 Å². The number of carbonyl (C=O) groups excluding carboxylic acids is 2. The van der Waals surface area contributed by atoms with Gasteiger partial charge in [0.15, 0.2) is 0 Å². The highest BCUT2D eigenvalue weighted by atomic mass is 32.2. The average Bonchev–Trinajstić information content (AvgIpc) is 3.32. The van der Waals surface area contributed by atoms with E-state index in [2.05, 4.69) is 5.10 Å². The summed E-state index contributed by atoms with van der Waals surface area (Å²) in [5.74, 6) is -0.328. The summed E-state index contributed by atoms with van der Waals surface area (Å²) in [4.78, 5) is 36.8. The quantitative estimate of drug-likeness (QED) is 0.339. The van der Waals surface area contributed by atoms with E-state index in [-0.39, 0.29) is 16.8 Å². The molecule has 3 aromatic rings. The molecule has 9 heteroatoms. The molecule has 1 aliphatic heterocycles. The van der Waals surface area contributed by atoms with E-state index in [1.165, 1.54) is 17.0 Å². The van der Waals surface area contributed by atoms with Crippen molar-refractivity contribution in [2.24, 2.45) is 0 Å². The van der Waals surface area contributed by atoms with Crippen LogP contribution in [0.4, 0.5) is 10.5 Å². The van der Waals surface area contributed by atoms with Gasteiger partial charge in [-0.3, -0.25) is 24.6 Å². The highest BCUT2D eigenvalue weighted by Gasteiger charge is 2.34. The van der Waals surface area contributed by atoms with E-state index in [9.17, 15) is 19.7 Å². The minimum absolute atomic E-state index is 0.00435. The van der Waals surface area contributed by atoms with Crippen molar-refractivity contribution < 1.29 is 14.5 Å². The van der Waals surface area contributed by atoms with Crippen LogP contribution in [0.2, 0.25) is 0 Å². The predicted molar refractivity (Wildman–Crippen MR) is 113 cm³/mol. The third-order valence-electron chi connectivity index (χ3n) is 4.55. The number of hydrogen-bond donors (Lipinski definition) is 0. The maximum Gasteiger partial charge on any atom is 0.293 e. The number of nitro benzene ring substituents is 1. The molecule has 1 saturated heterocycles. The van der Waals surface area contributed by atoms with Crippen LogP contribution in [0.25, 0.3) is 11.8 Å². The second-order valence-electron chi connectivity index (χ2n) is 6.53. The first-order chi connectivity index (χ1) is 14.5. The molecule has 0 unspecified atom stereocenters. The lowest BCUT2D eigenvalue weighted by molar-refractivity contribution is -0.384. The minimum atomic E-state index is -0.466. The van der Waals surface area contributed by atoms with Crippen molar-refractivity contribution in [2.45, 2.75) is 6.42 Å². The highest BCUT2D eigenvalue weighted by molar-refractivity contribution is 8.18. The van der Waals surface area contributed by atoms with E-state index in [0.29, 0.717) is 29.3 Å². The standard InChI is InChI=1S/C21H16N4O4S/c26-20-19(30-21(27)23(20)12-10-15-4-2-1-3-5-15)14-16-11-13-24(22-16)17-6-8-18(9-7-17)25(28)29/h1-9,11,13-14H,10,12H2/b19-14-. The topological polar surface area (TPSA) is 98.3 Å². The fourth-order valence-corrected chi connectivity index (χ4v) is 3.85. The summed E-state index contributed by atoms with van der Waals surface area (Å²) in [7, 11) is 0. The van der Waals surface area contributed by atoms with Crippen molar-refractivity contribution in [1.29, 1.82) is 0 Å². The molecule has 30 heavy (non-hydrogen) atoms. The Bertz CT molecular complexity index is 1140. The molecule has 0 saturated carbocycles. The number of imide groups is 1. The van der Waals surface area contributed by atoms with Crippen LogP contribution in [0.15, 0.2) is 71.8 Å². The van der Waals surface area contributed by atoms with Crippen LogP contribution >= 0.6 is 11.8 Å². The summed E-state index contributed by atoms with van der Waals surface area (Å²) in [6.45, 7) is 0.323. The Morgan fingerprint density at radius 2 is 1.77 bits per heavy atom. The molecule has 1 fully saturated rings. The molecule has 2 amide bonds. The Hall–Kier alpha value is -3.72. The molecular formula is C21H16N4O4S. The first-order valence-corrected chi connectivity index (χ1v) is 9.93. The van der Waals surface area contributed by atoms with Gasteiger partial charge in [-0.25, -0.2) is 4.68 Å². The van der Waals surface area contributed by atoms with Crippen LogP contribution in [0.3, 0.4) is 0 Å². The Balaban J connectivity index is 1.46. The van der Waals surface area contributed by atoms with Gasteiger partial charge in [-0.15, -0.1) is 0 Å². The maximum absolute atomic E-state index is 12.6. The highest BCUT2D eigenvalue weighted by Crippen LogP contribution is 2.32. The summed E-state index contributed by atoms with van der Waals surface area (Å²) < 4.78 is 1.55. The average molecular weight is 420 g/mol. The molecule has 1 aromatic heterocycles. The van der Waals surface area contributed by atoms with Crippen molar-refractivity contribution in [2.75, 3.05) is 6.54 Å². The lowest BCUT2D eigenvalue weighted by Crippen LogP contribution is -2.30. The van der Waals surface area contributed by atoms with Crippen LogP contribution < -0.4 is 0 Å². The number of nitro groups is 1. The van der Waals surface area contributed by atoms with Gasteiger partial charge in [0, 0.05) is 24.9 Å². The molecule has 2 aromatic carbocycles. The summed E-state index contributed by atoms with van der Waals surface area (Å²) in [5.41, 5.74) is 2.22. The van der Waals surface area contributed by atoms with Crippen molar-refractivity contribution in [3.05, 3.63) is 93.1 Å². The predicted octanol–water partition coefficient (Wildman–Crippen LogP) is 4.06. The fraction of sp³-hybridized carbons (Fsp3) is 0.0952. The van der Waals surface area contributed by atoms with Crippen molar-refractivity contribution in [3.63, 3.8) is 0 Å². The number of rotatable bonds is 6. The molecular weight excluding hydrogens is 404 g/mol. The minimum Gasteiger partial charge on any atom is -0.268 e. The van der Waals surface area contributed by atoms with Crippen LogP contribution in [0.5, 0.6) is 0 Å². The molecule has 0 atom stereocenters. The van der Waals surface area contributed by atoms with Gasteiger partial charge in [0.2, 0.25) is 0 Å². The van der Waals surface area contributed by atoms with Crippen molar-refractivity contribution >= 4 is 34.7 Å². The Kier molecular flexibility index (Phi) is 5.44. The third kappa shape index (κ3) is 4.15. The molecule has 4 rings (SSSR count). The molecule has 0 radical (unpaired) electrons. The van der Waals surface area contributed by atoms with Crippen molar-refractivity contribution in [3.8, 4) is 5.69 Å². The molecule has 1 aliphatic rings. The number of hydrogen-bond acceptors (Lipinski definition) is 6. The maximum atomic E-state index is 12.6. The van der Waals surface area contributed by atoms with Crippen LogP contribution in [-0.4, -0.2) is 37.3 Å². The summed E-state index contributed by atoms with van der Waals surface area (Å²) in [5, 5.41) is 14.8. The van der Waals surface area contributed by atoms with Gasteiger partial charge >= 0.3 is 0 Å². The first-order valence-electron chi connectivity index (χ1n) is 9.11. The van der Waals surface area contributed by atoms with E-state index < -0.39 is 4.92 Å². The fourth-order valence-electron chi connectivity index (χ4n) is 3.00. The Labute approximate surface area is 176 Å². The summed E-state index contributed by atoms with van der Waals surface area (Å²) in [6.07, 6.45) is 3.86. The van der Waals surface area contributed by atoms with E-state index >= 15 is 0 Å². The molecule has 150 valence electrons. The van der Waals surface area contributed by atoms with Gasteiger partial charge in [0.25, 0.3) is 16.8 Å². The zero-order valence-corrected chi connectivity index (χ0v) is 16.5. The largest absolute Gasteiger partial charge is 0.293 e. The number of carbonyl (C=O) groups is 2. The van der Waals surface area contributed by atoms with Gasteiger partial charge < -0.3 is 0 Å². The van der Waals surface area contributed by atoms with Crippen LogP contribution in [-0.2, 0) is 11.2 Å². The second-order valence-corrected chi connectivity index (χ2v) is 7.52. The van der Waals surface area contributed by atoms with Gasteiger partial charge in [0.05, 0.1) is 21.2 Å². The number of amides is 2. The number of nitrogens with zero attached hydrogens (tertiary/aromatic N) is 4. The van der Waals surface area contributed by atoms with E-state index in [1.807, 2.05) is 30.3 Å². The molecule has 0 bridgehead atoms. The van der Waals surface area contributed by atoms with Crippen LogP contribution in [0.1, 0.15) is 11.3 Å². The monoisotopic (exact) mass is 420 g/mol. The number of benzene rings is 2. The smallest absolute Gasteiger partial charge is 0.268 e. The molecule has 8 nitrogen and oxygen atoms in total. The summed E-state index contributed by atoms with van der Waals surface area (Å²) >= 11 is 0.896. The lowest BCUT2D eigenvalue weighted by Gasteiger charge is -2.11. The zero-order chi connectivity index (χ0) is 21.1. The van der Waals surface area contributed by atoms with E-state index in [0.717, 1.165) is 17.3 Å². The zero-order valence-electron chi connectivity index (χ0n) is 15.7.